The minimum Gasteiger partial charge on any atom is -0.359 e. The summed E-state index contributed by atoms with van der Waals surface area (Å²) in [5.74, 6) is 0.887. The molecule has 0 unspecified atom stereocenters. The Labute approximate surface area is 155 Å². The lowest BCUT2D eigenvalue weighted by Gasteiger charge is -2.19. The van der Waals surface area contributed by atoms with Crippen LogP contribution in [0.2, 0.25) is 5.02 Å². The molecule has 1 aliphatic heterocycles. The lowest BCUT2D eigenvalue weighted by Crippen LogP contribution is -2.26. The van der Waals surface area contributed by atoms with Crippen LogP contribution in [-0.4, -0.2) is 29.1 Å². The highest BCUT2D eigenvalue weighted by molar-refractivity contribution is 6.35. The van der Waals surface area contributed by atoms with Gasteiger partial charge in [-0.2, -0.15) is 0 Å². The molecule has 1 fully saturated rings. The fraction of sp³-hybridized carbons (Fsp3) is 0.316. The Morgan fingerprint density at radius 3 is 3.00 bits per heavy atom. The number of nitrogens with one attached hydrogen (secondary N) is 2. The maximum absolute atomic E-state index is 12.6. The molecular formula is C19H19ClN4O2. The second-order valence-corrected chi connectivity index (χ2v) is 6.83. The van der Waals surface area contributed by atoms with Crippen LogP contribution in [0.15, 0.2) is 41.1 Å². The predicted octanol–water partition coefficient (Wildman–Crippen LogP) is 3.27. The Morgan fingerprint density at radius 1 is 1.31 bits per heavy atom. The Balaban J connectivity index is 1.46. The number of pyridine rings is 1. The van der Waals surface area contributed by atoms with Crippen LogP contribution in [0.25, 0.3) is 10.9 Å². The average molecular weight is 371 g/mol. The summed E-state index contributed by atoms with van der Waals surface area (Å²) >= 11 is 6.16. The van der Waals surface area contributed by atoms with Gasteiger partial charge in [-0.25, -0.2) is 0 Å². The van der Waals surface area contributed by atoms with Crippen molar-refractivity contribution in [2.75, 3.05) is 13.1 Å². The maximum Gasteiger partial charge on any atom is 0.252 e. The fourth-order valence-corrected chi connectivity index (χ4v) is 3.53. The number of nitrogens with zero attached hydrogens (tertiary/aromatic N) is 2. The molecule has 0 aliphatic carbocycles. The summed E-state index contributed by atoms with van der Waals surface area (Å²) in [6.45, 7) is 2.30. The number of amides is 1. The van der Waals surface area contributed by atoms with Crippen molar-refractivity contribution in [3.63, 3.8) is 0 Å². The number of hydrogen-bond donors (Lipinski definition) is 2. The molecule has 0 saturated carbocycles. The van der Waals surface area contributed by atoms with Crippen LogP contribution < -0.4 is 10.6 Å². The third-order valence-corrected chi connectivity index (χ3v) is 5.03. The molecular weight excluding hydrogens is 352 g/mol. The predicted molar refractivity (Wildman–Crippen MR) is 99.3 cm³/mol. The summed E-state index contributed by atoms with van der Waals surface area (Å²) in [4.78, 5) is 16.9. The Bertz CT molecular complexity index is 934. The topological polar surface area (TPSA) is 80.0 Å². The van der Waals surface area contributed by atoms with Gasteiger partial charge in [0.15, 0.2) is 5.76 Å². The summed E-state index contributed by atoms with van der Waals surface area (Å²) in [5, 5.41) is 11.7. The summed E-state index contributed by atoms with van der Waals surface area (Å²) in [5.41, 5.74) is 2.13. The first-order valence-corrected chi connectivity index (χ1v) is 9.08. The molecule has 2 N–H and O–H groups in total. The van der Waals surface area contributed by atoms with E-state index in [9.17, 15) is 4.79 Å². The van der Waals surface area contributed by atoms with Gasteiger partial charge in [-0.05, 0) is 44.1 Å². The van der Waals surface area contributed by atoms with E-state index in [1.165, 1.54) is 0 Å². The highest BCUT2D eigenvalue weighted by atomic mass is 35.5. The molecule has 26 heavy (non-hydrogen) atoms. The number of halogens is 1. The lowest BCUT2D eigenvalue weighted by molar-refractivity contribution is 0.0948. The molecule has 1 saturated heterocycles. The van der Waals surface area contributed by atoms with Gasteiger partial charge in [-0.3, -0.25) is 9.78 Å². The third kappa shape index (κ3) is 3.43. The molecule has 1 aliphatic rings. The van der Waals surface area contributed by atoms with Crippen LogP contribution in [-0.2, 0) is 6.54 Å². The van der Waals surface area contributed by atoms with Crippen LogP contribution in [0.3, 0.4) is 0 Å². The molecule has 3 heterocycles. The third-order valence-electron chi connectivity index (χ3n) is 4.72. The van der Waals surface area contributed by atoms with Crippen molar-refractivity contribution < 1.29 is 9.32 Å². The van der Waals surface area contributed by atoms with E-state index in [2.05, 4.69) is 20.8 Å². The van der Waals surface area contributed by atoms with E-state index in [-0.39, 0.29) is 5.91 Å². The Hall–Kier alpha value is -2.44. The second kappa shape index (κ2) is 7.43. The molecule has 1 aromatic carbocycles. The Kier molecular flexibility index (Phi) is 4.86. The molecule has 2 aromatic heterocycles. The smallest absolute Gasteiger partial charge is 0.252 e. The van der Waals surface area contributed by atoms with Crippen LogP contribution in [0.1, 0.15) is 40.6 Å². The first-order chi connectivity index (χ1) is 12.7. The molecule has 6 nitrogen and oxygen atoms in total. The van der Waals surface area contributed by atoms with Crippen molar-refractivity contribution in [3.8, 4) is 0 Å². The second-order valence-electron chi connectivity index (χ2n) is 6.42. The molecule has 4 rings (SSSR count). The minimum absolute atomic E-state index is 0.195. The number of hydrogen-bond acceptors (Lipinski definition) is 5. The Morgan fingerprint density at radius 2 is 2.15 bits per heavy atom. The molecule has 134 valence electrons. The monoisotopic (exact) mass is 370 g/mol. The van der Waals surface area contributed by atoms with Gasteiger partial charge < -0.3 is 15.2 Å². The van der Waals surface area contributed by atoms with Crippen LogP contribution in [0, 0.1) is 0 Å². The number of piperidine rings is 1. The zero-order valence-corrected chi connectivity index (χ0v) is 14.9. The van der Waals surface area contributed by atoms with Gasteiger partial charge >= 0.3 is 0 Å². The number of benzene rings is 1. The molecule has 0 atom stereocenters. The number of carbonyl (C=O) groups is 1. The number of rotatable bonds is 4. The quantitative estimate of drug-likeness (QED) is 0.736. The minimum atomic E-state index is -0.195. The van der Waals surface area contributed by atoms with E-state index >= 15 is 0 Å². The van der Waals surface area contributed by atoms with Crippen molar-refractivity contribution in [1.82, 2.24) is 20.8 Å². The van der Waals surface area contributed by atoms with Gasteiger partial charge in [0.25, 0.3) is 5.91 Å². The summed E-state index contributed by atoms with van der Waals surface area (Å²) in [7, 11) is 0. The molecule has 7 heteroatoms. The zero-order valence-electron chi connectivity index (χ0n) is 14.2. The molecule has 0 bridgehead atoms. The van der Waals surface area contributed by atoms with Gasteiger partial charge in [-0.15, -0.1) is 0 Å². The largest absolute Gasteiger partial charge is 0.359 e. The van der Waals surface area contributed by atoms with Gasteiger partial charge in [0.1, 0.15) is 0 Å². The van der Waals surface area contributed by atoms with E-state index in [4.69, 9.17) is 16.1 Å². The van der Waals surface area contributed by atoms with Gasteiger partial charge in [0.2, 0.25) is 0 Å². The fourth-order valence-electron chi connectivity index (χ4n) is 3.32. The molecule has 0 radical (unpaired) electrons. The first-order valence-electron chi connectivity index (χ1n) is 8.70. The standard InChI is InChI=1S/C19H19ClN4O2/c20-16-4-3-15(14-2-1-7-22-18(14)16)19(25)23-11-13-10-17(24-26-13)12-5-8-21-9-6-12/h1-4,7,10,12,21H,5-6,8-9,11H2,(H,23,25). The highest BCUT2D eigenvalue weighted by Crippen LogP contribution is 2.26. The summed E-state index contributed by atoms with van der Waals surface area (Å²) < 4.78 is 5.39. The van der Waals surface area contributed by atoms with E-state index in [1.54, 1.807) is 24.4 Å². The van der Waals surface area contributed by atoms with Gasteiger partial charge in [0.05, 0.1) is 22.8 Å². The van der Waals surface area contributed by atoms with Gasteiger partial charge in [0, 0.05) is 29.1 Å². The average Bonchev–Trinajstić information content (AvgIpc) is 3.16. The van der Waals surface area contributed by atoms with Crippen LogP contribution in [0.5, 0.6) is 0 Å². The van der Waals surface area contributed by atoms with Crippen molar-refractivity contribution >= 4 is 28.4 Å². The van der Waals surface area contributed by atoms with Gasteiger partial charge in [-0.1, -0.05) is 22.8 Å². The van der Waals surface area contributed by atoms with Crippen molar-refractivity contribution in [2.24, 2.45) is 0 Å². The lowest BCUT2D eigenvalue weighted by atomic mass is 9.95. The zero-order chi connectivity index (χ0) is 17.9. The van der Waals surface area contributed by atoms with Crippen molar-refractivity contribution in [3.05, 3.63) is 58.6 Å². The molecule has 3 aromatic rings. The van der Waals surface area contributed by atoms with E-state index < -0.39 is 0 Å². The number of fused-ring (bicyclic) bond motifs is 1. The van der Waals surface area contributed by atoms with Crippen molar-refractivity contribution in [2.45, 2.75) is 25.3 Å². The van der Waals surface area contributed by atoms with Crippen LogP contribution in [0.4, 0.5) is 0 Å². The summed E-state index contributed by atoms with van der Waals surface area (Å²) in [6, 6.07) is 8.97. The highest BCUT2D eigenvalue weighted by Gasteiger charge is 2.19. The van der Waals surface area contributed by atoms with E-state index in [0.717, 1.165) is 37.0 Å². The van der Waals surface area contributed by atoms with E-state index in [0.29, 0.717) is 34.3 Å². The normalized spacial score (nSPS) is 15.3. The maximum atomic E-state index is 12.6. The van der Waals surface area contributed by atoms with E-state index in [1.807, 2.05) is 12.1 Å². The SMILES string of the molecule is O=C(NCc1cc(C2CCNCC2)no1)c1ccc(Cl)c2ncccc12. The van der Waals surface area contributed by atoms with Crippen LogP contribution >= 0.6 is 11.6 Å². The van der Waals surface area contributed by atoms with Crippen molar-refractivity contribution in [1.29, 1.82) is 0 Å². The first kappa shape index (κ1) is 17.0. The number of carbonyl (C=O) groups excluding carboxylic acids is 1. The molecule has 1 amide bonds. The molecule has 0 spiro atoms. The number of aromatic nitrogens is 2. The summed E-state index contributed by atoms with van der Waals surface area (Å²) in [6.07, 6.45) is 3.77.